The standard InChI is InChI=1S/C20H22Cl2NO2/c1-13-4-3-5-14(6-13)18-9-23(2,16(11-24)12-25)10-19-17(18)7-15(21)8-20(19)22/h1,3-8,16,18,24-25H,9-12H2,2H3/q+1. The van der Waals surface area contributed by atoms with Crippen molar-refractivity contribution in [1.29, 1.82) is 0 Å². The Balaban J connectivity index is 2.16. The Morgan fingerprint density at radius 2 is 1.92 bits per heavy atom. The zero-order valence-electron chi connectivity index (χ0n) is 14.1. The van der Waals surface area contributed by atoms with Crippen molar-refractivity contribution in [2.75, 3.05) is 26.8 Å². The normalized spacial score (nSPS) is 22.9. The quantitative estimate of drug-likeness (QED) is 0.799. The smallest absolute Gasteiger partial charge is 0.136 e. The van der Waals surface area contributed by atoms with Crippen molar-refractivity contribution >= 4 is 23.2 Å². The first-order valence-corrected chi connectivity index (χ1v) is 9.02. The van der Waals surface area contributed by atoms with Gasteiger partial charge in [-0.2, -0.15) is 0 Å². The van der Waals surface area contributed by atoms with Crippen LogP contribution in [0.3, 0.4) is 0 Å². The number of rotatable bonds is 4. The molecule has 0 saturated carbocycles. The molecular formula is C20H22Cl2NO2+. The van der Waals surface area contributed by atoms with Gasteiger partial charge in [0.15, 0.2) is 0 Å². The van der Waals surface area contributed by atoms with E-state index in [1.807, 2.05) is 37.4 Å². The molecule has 2 unspecified atom stereocenters. The van der Waals surface area contributed by atoms with E-state index in [0.717, 1.165) is 23.2 Å². The summed E-state index contributed by atoms with van der Waals surface area (Å²) in [6, 6.07) is 11.2. The topological polar surface area (TPSA) is 40.5 Å². The van der Waals surface area contributed by atoms with Crippen LogP contribution >= 0.6 is 23.2 Å². The number of halogens is 2. The number of hydrogen-bond acceptors (Lipinski definition) is 2. The molecule has 5 heteroatoms. The van der Waals surface area contributed by atoms with Crippen LogP contribution in [0.1, 0.15) is 28.2 Å². The van der Waals surface area contributed by atoms with Gasteiger partial charge in [-0.1, -0.05) is 47.5 Å². The van der Waals surface area contributed by atoms with Gasteiger partial charge in [0.05, 0.1) is 37.7 Å². The van der Waals surface area contributed by atoms with Crippen molar-refractivity contribution in [3.8, 4) is 0 Å². The molecule has 1 aliphatic rings. The van der Waals surface area contributed by atoms with Crippen molar-refractivity contribution in [1.82, 2.24) is 0 Å². The van der Waals surface area contributed by atoms with Crippen LogP contribution < -0.4 is 0 Å². The fraction of sp³-hybridized carbons (Fsp3) is 0.350. The van der Waals surface area contributed by atoms with Crippen LogP contribution in [0.5, 0.6) is 0 Å². The lowest BCUT2D eigenvalue weighted by molar-refractivity contribution is -0.949. The summed E-state index contributed by atoms with van der Waals surface area (Å²) in [5.74, 6) is 0.0362. The maximum atomic E-state index is 9.76. The van der Waals surface area contributed by atoms with Crippen molar-refractivity contribution in [2.45, 2.75) is 18.5 Å². The molecule has 2 atom stereocenters. The minimum absolute atomic E-state index is 0.0362. The largest absolute Gasteiger partial charge is 0.390 e. The second-order valence-corrected chi connectivity index (χ2v) is 7.86. The summed E-state index contributed by atoms with van der Waals surface area (Å²) in [5.41, 5.74) is 3.89. The SMILES string of the molecule is [CH]c1cccc(C2C[N+](C)(C(CO)CO)Cc3c(Cl)cc(Cl)cc32)c1. The Bertz CT molecular complexity index is 776. The van der Waals surface area contributed by atoms with Gasteiger partial charge >= 0.3 is 0 Å². The maximum absolute atomic E-state index is 9.76. The zero-order chi connectivity index (χ0) is 18.2. The summed E-state index contributed by atoms with van der Waals surface area (Å²) in [6.45, 7) is 7.17. The van der Waals surface area contributed by atoms with E-state index in [4.69, 9.17) is 30.1 Å². The number of hydrogen-bond donors (Lipinski definition) is 2. The average molecular weight is 379 g/mol. The number of benzene rings is 2. The summed E-state index contributed by atoms with van der Waals surface area (Å²) < 4.78 is 0.501. The zero-order valence-corrected chi connectivity index (χ0v) is 15.6. The molecule has 25 heavy (non-hydrogen) atoms. The van der Waals surface area contributed by atoms with Crippen LogP contribution in [0.2, 0.25) is 10.0 Å². The molecule has 132 valence electrons. The van der Waals surface area contributed by atoms with E-state index in [-0.39, 0.29) is 25.2 Å². The summed E-state index contributed by atoms with van der Waals surface area (Å²) in [4.78, 5) is 0. The van der Waals surface area contributed by atoms with Crippen molar-refractivity contribution in [2.24, 2.45) is 0 Å². The number of nitrogens with zero attached hydrogens (tertiary/aromatic N) is 1. The Morgan fingerprint density at radius 3 is 2.56 bits per heavy atom. The second kappa shape index (κ2) is 7.26. The van der Waals surface area contributed by atoms with Gasteiger partial charge in [-0.05, 0) is 35.7 Å². The highest BCUT2D eigenvalue weighted by molar-refractivity contribution is 6.35. The summed E-state index contributed by atoms with van der Waals surface area (Å²) in [5, 5.41) is 20.7. The van der Waals surface area contributed by atoms with E-state index in [9.17, 15) is 10.2 Å². The van der Waals surface area contributed by atoms with Crippen LogP contribution in [-0.2, 0) is 6.54 Å². The highest BCUT2D eigenvalue weighted by atomic mass is 35.5. The van der Waals surface area contributed by atoms with Gasteiger partial charge in [-0.3, -0.25) is 0 Å². The average Bonchev–Trinajstić information content (AvgIpc) is 2.56. The molecular weight excluding hydrogens is 357 g/mol. The Labute approximate surface area is 159 Å². The molecule has 0 amide bonds. The van der Waals surface area contributed by atoms with E-state index in [2.05, 4.69) is 0 Å². The molecule has 3 rings (SSSR count). The molecule has 0 aromatic heterocycles. The number of quaternary nitrogens is 1. The van der Waals surface area contributed by atoms with E-state index in [1.54, 1.807) is 6.07 Å². The van der Waals surface area contributed by atoms with Gasteiger partial charge in [0.1, 0.15) is 12.6 Å². The van der Waals surface area contributed by atoms with E-state index >= 15 is 0 Å². The van der Waals surface area contributed by atoms with E-state index in [0.29, 0.717) is 26.6 Å². The first kappa shape index (κ1) is 18.7. The summed E-state index contributed by atoms with van der Waals surface area (Å²) in [7, 11) is 2.05. The molecule has 0 bridgehead atoms. The summed E-state index contributed by atoms with van der Waals surface area (Å²) >= 11 is 12.8. The minimum Gasteiger partial charge on any atom is -0.390 e. The number of likely N-dealkylation sites (N-methyl/N-ethyl adjacent to an activating group) is 1. The molecule has 3 nitrogen and oxygen atoms in total. The van der Waals surface area contributed by atoms with Gasteiger partial charge in [-0.25, -0.2) is 0 Å². The Kier molecular flexibility index (Phi) is 5.42. The number of aliphatic hydroxyl groups excluding tert-OH is 2. The highest BCUT2D eigenvalue weighted by Crippen LogP contribution is 2.42. The molecule has 0 saturated heterocycles. The van der Waals surface area contributed by atoms with Crippen molar-refractivity contribution in [3.05, 3.63) is 75.6 Å². The molecule has 2 aromatic carbocycles. The third-order valence-corrected chi connectivity index (χ3v) is 5.86. The lowest BCUT2D eigenvalue weighted by Crippen LogP contribution is -2.58. The van der Waals surface area contributed by atoms with Crippen LogP contribution in [0, 0.1) is 6.92 Å². The molecule has 2 N–H and O–H groups in total. The van der Waals surface area contributed by atoms with Gasteiger partial charge in [0, 0.05) is 10.6 Å². The number of aliphatic hydroxyl groups is 2. The molecule has 2 radical (unpaired) electrons. The highest BCUT2D eigenvalue weighted by Gasteiger charge is 2.41. The first-order valence-electron chi connectivity index (χ1n) is 8.27. The predicted molar refractivity (Wildman–Crippen MR) is 101 cm³/mol. The Morgan fingerprint density at radius 1 is 1.20 bits per heavy atom. The molecule has 0 spiro atoms. The maximum Gasteiger partial charge on any atom is 0.136 e. The lowest BCUT2D eigenvalue weighted by atomic mass is 9.82. The molecule has 1 aliphatic heterocycles. The van der Waals surface area contributed by atoms with Crippen LogP contribution in [0.15, 0.2) is 36.4 Å². The third kappa shape index (κ3) is 3.57. The van der Waals surface area contributed by atoms with Crippen LogP contribution in [-0.4, -0.2) is 47.5 Å². The first-order chi connectivity index (χ1) is 11.9. The molecule has 0 aliphatic carbocycles. The van der Waals surface area contributed by atoms with E-state index in [1.165, 1.54) is 0 Å². The Hall–Kier alpha value is -1.10. The van der Waals surface area contributed by atoms with Crippen molar-refractivity contribution in [3.63, 3.8) is 0 Å². The van der Waals surface area contributed by atoms with Gasteiger partial charge < -0.3 is 14.7 Å². The molecule has 2 aromatic rings. The minimum atomic E-state index is -0.275. The van der Waals surface area contributed by atoms with E-state index < -0.39 is 0 Å². The van der Waals surface area contributed by atoms with Gasteiger partial charge in [-0.15, -0.1) is 0 Å². The molecule has 1 heterocycles. The lowest BCUT2D eigenvalue weighted by Gasteiger charge is -2.46. The number of fused-ring (bicyclic) bond motifs is 1. The third-order valence-electron chi connectivity index (χ3n) is 5.31. The summed E-state index contributed by atoms with van der Waals surface area (Å²) in [6.07, 6.45) is 0. The van der Waals surface area contributed by atoms with Crippen molar-refractivity contribution < 1.29 is 14.7 Å². The monoisotopic (exact) mass is 378 g/mol. The van der Waals surface area contributed by atoms with Crippen LogP contribution in [0.25, 0.3) is 0 Å². The van der Waals surface area contributed by atoms with Gasteiger partial charge in [0.2, 0.25) is 0 Å². The fourth-order valence-electron chi connectivity index (χ4n) is 3.83. The fourth-order valence-corrected chi connectivity index (χ4v) is 4.40. The van der Waals surface area contributed by atoms with Crippen LogP contribution in [0.4, 0.5) is 0 Å². The predicted octanol–water partition coefficient (Wildman–Crippen LogP) is 3.50. The van der Waals surface area contributed by atoms with Gasteiger partial charge in [0.25, 0.3) is 0 Å². The second-order valence-electron chi connectivity index (χ2n) is 7.02. The molecule has 0 fully saturated rings.